The minimum atomic E-state index is -0.288. The van der Waals surface area contributed by atoms with Crippen molar-refractivity contribution in [1.82, 2.24) is 10.9 Å². The first-order valence-corrected chi connectivity index (χ1v) is 9.40. The number of hydrogen-bond acceptors (Lipinski definition) is 4. The van der Waals surface area contributed by atoms with Gasteiger partial charge in [-0.25, -0.2) is 0 Å². The van der Waals surface area contributed by atoms with Crippen molar-refractivity contribution < 1.29 is 14.3 Å². The monoisotopic (exact) mass is 372 g/mol. The lowest BCUT2D eigenvalue weighted by molar-refractivity contribution is -0.127. The van der Waals surface area contributed by atoms with E-state index in [2.05, 4.69) is 10.9 Å². The molecule has 2 amide bonds. The molecule has 0 saturated carbocycles. The van der Waals surface area contributed by atoms with E-state index in [0.29, 0.717) is 0 Å². The van der Waals surface area contributed by atoms with E-state index in [1.807, 2.05) is 63.2 Å². The molecule has 138 valence electrons. The third-order valence-corrected chi connectivity index (χ3v) is 4.89. The molecule has 2 aromatic rings. The van der Waals surface area contributed by atoms with Crippen LogP contribution in [-0.2, 0) is 9.59 Å². The average molecular weight is 372 g/mol. The number of rotatable bonds is 7. The quantitative estimate of drug-likeness (QED) is 0.578. The van der Waals surface area contributed by atoms with Gasteiger partial charge in [-0.15, -0.1) is 11.8 Å². The molecule has 2 rings (SSSR count). The van der Waals surface area contributed by atoms with E-state index in [9.17, 15) is 9.59 Å². The Balaban J connectivity index is 1.64. The highest BCUT2D eigenvalue weighted by Gasteiger charge is 2.07. The van der Waals surface area contributed by atoms with Crippen LogP contribution in [-0.4, -0.2) is 24.2 Å². The zero-order chi connectivity index (χ0) is 18.9. The second-order valence-electron chi connectivity index (χ2n) is 5.99. The van der Waals surface area contributed by atoms with Crippen molar-refractivity contribution in [1.29, 1.82) is 0 Å². The lowest BCUT2D eigenvalue weighted by atomic mass is 10.1. The number of amides is 2. The van der Waals surface area contributed by atoms with Crippen LogP contribution in [0.3, 0.4) is 0 Å². The van der Waals surface area contributed by atoms with E-state index >= 15 is 0 Å². The lowest BCUT2D eigenvalue weighted by Crippen LogP contribution is -2.42. The summed E-state index contributed by atoms with van der Waals surface area (Å²) in [5.74, 6) is 0.474. The highest BCUT2D eigenvalue weighted by Crippen LogP contribution is 2.20. The number of nitrogens with one attached hydrogen (secondary N) is 2. The Morgan fingerprint density at radius 3 is 2.38 bits per heavy atom. The Kier molecular flexibility index (Phi) is 7.53. The molecule has 6 heteroatoms. The predicted molar refractivity (Wildman–Crippen MR) is 104 cm³/mol. The number of carbonyl (C=O) groups excluding carboxylic acids is 2. The first-order chi connectivity index (χ1) is 12.5. The summed E-state index contributed by atoms with van der Waals surface area (Å²) >= 11 is 1.42. The topological polar surface area (TPSA) is 67.4 Å². The Bertz CT molecular complexity index is 760. The molecule has 0 spiro atoms. The van der Waals surface area contributed by atoms with Crippen LogP contribution < -0.4 is 15.6 Å². The van der Waals surface area contributed by atoms with E-state index in [-0.39, 0.29) is 30.6 Å². The maximum absolute atomic E-state index is 11.8. The van der Waals surface area contributed by atoms with E-state index in [0.717, 1.165) is 21.8 Å². The molecule has 0 aromatic heterocycles. The highest BCUT2D eigenvalue weighted by molar-refractivity contribution is 8.00. The largest absolute Gasteiger partial charge is 0.493 e. The molecule has 5 nitrogen and oxygen atoms in total. The van der Waals surface area contributed by atoms with Gasteiger partial charge in [0.1, 0.15) is 5.75 Å². The number of carbonyl (C=O) groups is 2. The summed E-state index contributed by atoms with van der Waals surface area (Å²) in [5.41, 5.74) is 8.21. The third-order valence-electron chi connectivity index (χ3n) is 3.87. The smallest absolute Gasteiger partial charge is 0.248 e. The summed E-state index contributed by atoms with van der Waals surface area (Å²) in [5, 5.41) is 0. The van der Waals surface area contributed by atoms with Gasteiger partial charge in [0.25, 0.3) is 0 Å². The molecule has 0 saturated heterocycles. The summed E-state index contributed by atoms with van der Waals surface area (Å²) in [6, 6.07) is 13.7. The van der Waals surface area contributed by atoms with Crippen molar-refractivity contribution in [2.24, 2.45) is 0 Å². The van der Waals surface area contributed by atoms with Crippen molar-refractivity contribution in [3.8, 4) is 5.75 Å². The molecule has 0 atom stereocenters. The standard InChI is InChI=1S/C20H24N2O3S/c1-14-7-9-17(10-8-14)26-13-20(24)22-21-19(23)11-12-25-18-6-4-5-15(2)16(18)3/h4-10H,11-13H2,1-3H3,(H,21,23)(H,22,24). The fourth-order valence-corrected chi connectivity index (χ4v) is 2.85. The summed E-state index contributed by atoms with van der Waals surface area (Å²) in [6.45, 7) is 6.26. The lowest BCUT2D eigenvalue weighted by Gasteiger charge is -2.11. The highest BCUT2D eigenvalue weighted by atomic mass is 32.2. The van der Waals surface area contributed by atoms with E-state index in [1.54, 1.807) is 0 Å². The van der Waals surface area contributed by atoms with Crippen LogP contribution in [0.15, 0.2) is 47.4 Å². The summed E-state index contributed by atoms with van der Waals surface area (Å²) in [4.78, 5) is 24.6. The van der Waals surface area contributed by atoms with E-state index < -0.39 is 0 Å². The normalized spacial score (nSPS) is 10.3. The minimum Gasteiger partial charge on any atom is -0.493 e. The third kappa shape index (κ3) is 6.44. The van der Waals surface area contributed by atoms with Crippen molar-refractivity contribution in [2.45, 2.75) is 32.1 Å². The molecule has 0 aliphatic rings. The van der Waals surface area contributed by atoms with Crippen molar-refractivity contribution in [2.75, 3.05) is 12.4 Å². The van der Waals surface area contributed by atoms with Gasteiger partial charge in [-0.05, 0) is 50.1 Å². The van der Waals surface area contributed by atoms with Crippen LogP contribution in [0.5, 0.6) is 5.75 Å². The molecule has 0 fully saturated rings. The van der Waals surface area contributed by atoms with Crippen molar-refractivity contribution in [3.05, 3.63) is 59.2 Å². The van der Waals surface area contributed by atoms with Gasteiger partial charge >= 0.3 is 0 Å². The van der Waals surface area contributed by atoms with Gasteiger partial charge in [0.15, 0.2) is 0 Å². The zero-order valence-corrected chi connectivity index (χ0v) is 16.1. The van der Waals surface area contributed by atoms with Crippen LogP contribution in [0.1, 0.15) is 23.1 Å². The number of ether oxygens (including phenoxy) is 1. The molecule has 0 radical (unpaired) electrons. The van der Waals surface area contributed by atoms with Gasteiger partial charge < -0.3 is 4.74 Å². The Morgan fingerprint density at radius 2 is 1.65 bits per heavy atom. The Hall–Kier alpha value is -2.47. The molecule has 0 aliphatic carbocycles. The number of hydrazine groups is 1. The van der Waals surface area contributed by atoms with Crippen LogP contribution in [0, 0.1) is 20.8 Å². The van der Waals surface area contributed by atoms with Crippen LogP contribution >= 0.6 is 11.8 Å². The Labute approximate surface area is 158 Å². The number of hydrogen-bond donors (Lipinski definition) is 2. The fraction of sp³-hybridized carbons (Fsp3) is 0.300. The average Bonchev–Trinajstić information content (AvgIpc) is 2.63. The van der Waals surface area contributed by atoms with Gasteiger partial charge in [-0.3, -0.25) is 20.4 Å². The van der Waals surface area contributed by atoms with Gasteiger partial charge in [-0.2, -0.15) is 0 Å². The predicted octanol–water partition coefficient (Wildman–Crippen LogP) is 3.32. The molecule has 0 aliphatic heterocycles. The summed E-state index contributed by atoms with van der Waals surface area (Å²) < 4.78 is 5.63. The number of benzene rings is 2. The van der Waals surface area contributed by atoms with E-state index in [4.69, 9.17) is 4.74 Å². The molecule has 0 bridgehead atoms. The molecule has 2 aromatic carbocycles. The fourth-order valence-electron chi connectivity index (χ4n) is 2.16. The molecular formula is C20H24N2O3S. The summed E-state index contributed by atoms with van der Waals surface area (Å²) in [6.07, 6.45) is 0.165. The van der Waals surface area contributed by atoms with E-state index in [1.165, 1.54) is 17.3 Å². The van der Waals surface area contributed by atoms with Gasteiger partial charge in [0.05, 0.1) is 18.8 Å². The van der Waals surface area contributed by atoms with Crippen LogP contribution in [0.2, 0.25) is 0 Å². The number of thioether (sulfide) groups is 1. The zero-order valence-electron chi connectivity index (χ0n) is 15.3. The van der Waals surface area contributed by atoms with Crippen LogP contribution in [0.25, 0.3) is 0 Å². The van der Waals surface area contributed by atoms with Crippen molar-refractivity contribution in [3.63, 3.8) is 0 Å². The maximum Gasteiger partial charge on any atom is 0.248 e. The molecule has 0 unspecified atom stereocenters. The molecular weight excluding hydrogens is 348 g/mol. The first kappa shape index (κ1) is 19.8. The van der Waals surface area contributed by atoms with Crippen molar-refractivity contribution >= 4 is 23.6 Å². The number of aryl methyl sites for hydroxylation is 2. The maximum atomic E-state index is 11.8. The van der Waals surface area contributed by atoms with Gasteiger partial charge in [0, 0.05) is 4.90 Å². The van der Waals surface area contributed by atoms with Gasteiger partial charge in [0.2, 0.25) is 11.8 Å². The van der Waals surface area contributed by atoms with Crippen LogP contribution in [0.4, 0.5) is 0 Å². The SMILES string of the molecule is Cc1ccc(SCC(=O)NNC(=O)CCOc2cccc(C)c2C)cc1. The minimum absolute atomic E-state index is 0.165. The second kappa shape index (κ2) is 9.87. The molecule has 0 heterocycles. The first-order valence-electron chi connectivity index (χ1n) is 8.42. The molecule has 2 N–H and O–H groups in total. The second-order valence-corrected chi connectivity index (χ2v) is 7.04. The van der Waals surface area contributed by atoms with Gasteiger partial charge in [-0.1, -0.05) is 29.8 Å². The molecule has 26 heavy (non-hydrogen) atoms. The summed E-state index contributed by atoms with van der Waals surface area (Å²) in [7, 11) is 0. The Morgan fingerprint density at radius 1 is 0.962 bits per heavy atom.